The highest BCUT2D eigenvalue weighted by atomic mass is 16.1. The van der Waals surface area contributed by atoms with Crippen LogP contribution in [-0.2, 0) is 13.0 Å². The quantitative estimate of drug-likeness (QED) is 0.453. The van der Waals surface area contributed by atoms with Crippen LogP contribution in [0.25, 0.3) is 10.9 Å². The highest BCUT2D eigenvalue weighted by molar-refractivity contribution is 5.92. The van der Waals surface area contributed by atoms with Crippen molar-refractivity contribution < 1.29 is 4.79 Å². The SMILES string of the molecule is Cc1nc(NCCc2c[nH]c3ccccc23)cc(C(=O)NCc2ccncc2)n1. The third kappa shape index (κ3) is 4.57. The zero-order chi connectivity index (χ0) is 20.1. The van der Waals surface area contributed by atoms with Crippen molar-refractivity contribution in [3.8, 4) is 0 Å². The lowest BCUT2D eigenvalue weighted by Crippen LogP contribution is -2.24. The summed E-state index contributed by atoms with van der Waals surface area (Å²) in [5.41, 5.74) is 3.71. The first-order valence-electron chi connectivity index (χ1n) is 9.51. The Morgan fingerprint density at radius 3 is 2.79 bits per heavy atom. The standard InChI is InChI=1S/C22H22N6O/c1-15-27-20(22(29)26-13-16-6-9-23-10-7-16)12-21(28-15)24-11-8-17-14-25-19-5-3-2-4-18(17)19/h2-7,9-10,12,14,25H,8,11,13H2,1H3,(H,26,29)(H,24,27,28). The van der Waals surface area contributed by atoms with E-state index in [9.17, 15) is 4.79 Å². The van der Waals surface area contributed by atoms with Crippen molar-refractivity contribution >= 4 is 22.6 Å². The summed E-state index contributed by atoms with van der Waals surface area (Å²) in [5, 5.41) is 7.41. The first kappa shape index (κ1) is 18.6. The lowest BCUT2D eigenvalue weighted by atomic mass is 10.1. The molecule has 3 aromatic heterocycles. The topological polar surface area (TPSA) is 95.6 Å². The molecule has 4 rings (SSSR count). The van der Waals surface area contributed by atoms with Gasteiger partial charge in [0.1, 0.15) is 17.3 Å². The van der Waals surface area contributed by atoms with E-state index in [0.29, 0.717) is 30.4 Å². The Hall–Kier alpha value is -3.74. The minimum atomic E-state index is -0.230. The summed E-state index contributed by atoms with van der Waals surface area (Å²) >= 11 is 0. The van der Waals surface area contributed by atoms with Crippen LogP contribution in [0.2, 0.25) is 0 Å². The van der Waals surface area contributed by atoms with Crippen LogP contribution < -0.4 is 10.6 Å². The van der Waals surface area contributed by atoms with Crippen LogP contribution in [0.3, 0.4) is 0 Å². The van der Waals surface area contributed by atoms with Gasteiger partial charge in [-0.25, -0.2) is 9.97 Å². The van der Waals surface area contributed by atoms with Gasteiger partial charge in [0, 0.05) is 48.6 Å². The molecule has 4 aromatic rings. The summed E-state index contributed by atoms with van der Waals surface area (Å²) in [7, 11) is 0. The zero-order valence-electron chi connectivity index (χ0n) is 16.1. The van der Waals surface area contributed by atoms with E-state index in [-0.39, 0.29) is 5.91 Å². The Morgan fingerprint density at radius 2 is 1.93 bits per heavy atom. The van der Waals surface area contributed by atoms with Gasteiger partial charge in [-0.05, 0) is 42.7 Å². The monoisotopic (exact) mass is 386 g/mol. The molecule has 1 aromatic carbocycles. The van der Waals surface area contributed by atoms with Gasteiger partial charge in [-0.2, -0.15) is 0 Å². The molecule has 1 amide bonds. The molecule has 3 N–H and O–H groups in total. The number of nitrogens with one attached hydrogen (secondary N) is 3. The largest absolute Gasteiger partial charge is 0.370 e. The lowest BCUT2D eigenvalue weighted by Gasteiger charge is -2.09. The van der Waals surface area contributed by atoms with Crippen LogP contribution in [0.15, 0.2) is 61.1 Å². The summed E-state index contributed by atoms with van der Waals surface area (Å²) in [6, 6.07) is 13.7. The van der Waals surface area contributed by atoms with E-state index in [0.717, 1.165) is 17.5 Å². The van der Waals surface area contributed by atoms with Gasteiger partial charge in [0.15, 0.2) is 0 Å². The molecule has 0 bridgehead atoms. The highest BCUT2D eigenvalue weighted by Crippen LogP contribution is 2.18. The average Bonchev–Trinajstić information content (AvgIpc) is 3.15. The number of pyridine rings is 1. The number of aromatic nitrogens is 4. The molecule has 3 heterocycles. The number of fused-ring (bicyclic) bond motifs is 1. The average molecular weight is 386 g/mol. The number of hydrogen-bond donors (Lipinski definition) is 3. The van der Waals surface area contributed by atoms with Crippen molar-refractivity contribution in [1.29, 1.82) is 0 Å². The normalized spacial score (nSPS) is 10.8. The molecule has 7 heteroatoms. The van der Waals surface area contributed by atoms with E-state index in [4.69, 9.17) is 0 Å². The molecule has 0 saturated carbocycles. The fourth-order valence-corrected chi connectivity index (χ4v) is 3.21. The minimum Gasteiger partial charge on any atom is -0.370 e. The van der Waals surface area contributed by atoms with E-state index >= 15 is 0 Å². The number of anilines is 1. The van der Waals surface area contributed by atoms with Gasteiger partial charge in [0.2, 0.25) is 0 Å². The van der Waals surface area contributed by atoms with Gasteiger partial charge in [-0.1, -0.05) is 18.2 Å². The third-order valence-electron chi connectivity index (χ3n) is 4.65. The molecule has 0 saturated heterocycles. The van der Waals surface area contributed by atoms with Crippen LogP contribution >= 0.6 is 0 Å². The van der Waals surface area contributed by atoms with Gasteiger partial charge in [0.25, 0.3) is 5.91 Å². The maximum atomic E-state index is 12.5. The third-order valence-corrected chi connectivity index (χ3v) is 4.65. The minimum absolute atomic E-state index is 0.230. The number of hydrogen-bond acceptors (Lipinski definition) is 5. The Bertz CT molecular complexity index is 1120. The van der Waals surface area contributed by atoms with Crippen molar-refractivity contribution in [2.24, 2.45) is 0 Å². The molecule has 0 atom stereocenters. The maximum Gasteiger partial charge on any atom is 0.270 e. The summed E-state index contributed by atoms with van der Waals surface area (Å²) in [6.07, 6.45) is 6.28. The van der Waals surface area contributed by atoms with E-state index in [1.54, 1.807) is 25.4 Å². The highest BCUT2D eigenvalue weighted by Gasteiger charge is 2.11. The molecule has 7 nitrogen and oxygen atoms in total. The van der Waals surface area contributed by atoms with Crippen LogP contribution in [-0.4, -0.2) is 32.4 Å². The second kappa shape index (κ2) is 8.52. The van der Waals surface area contributed by atoms with Crippen molar-refractivity contribution in [2.75, 3.05) is 11.9 Å². The van der Waals surface area contributed by atoms with Crippen molar-refractivity contribution in [2.45, 2.75) is 19.9 Å². The lowest BCUT2D eigenvalue weighted by molar-refractivity contribution is 0.0945. The molecular formula is C22H22N6O. The maximum absolute atomic E-state index is 12.5. The number of aromatic amines is 1. The van der Waals surface area contributed by atoms with Crippen LogP contribution in [0.5, 0.6) is 0 Å². The molecule has 0 aliphatic carbocycles. The first-order valence-corrected chi connectivity index (χ1v) is 9.51. The fourth-order valence-electron chi connectivity index (χ4n) is 3.21. The molecule has 0 unspecified atom stereocenters. The number of nitrogens with zero attached hydrogens (tertiary/aromatic N) is 3. The van der Waals surface area contributed by atoms with E-state index in [1.807, 2.05) is 30.5 Å². The number of para-hydroxylation sites is 1. The molecule has 0 radical (unpaired) electrons. The van der Waals surface area contributed by atoms with Gasteiger partial charge in [0.05, 0.1) is 0 Å². The summed E-state index contributed by atoms with van der Waals surface area (Å²) < 4.78 is 0. The van der Waals surface area contributed by atoms with Crippen LogP contribution in [0, 0.1) is 6.92 Å². The molecule has 0 aliphatic heterocycles. The van der Waals surface area contributed by atoms with Crippen LogP contribution in [0.4, 0.5) is 5.82 Å². The number of benzene rings is 1. The van der Waals surface area contributed by atoms with Gasteiger partial charge in [-0.3, -0.25) is 9.78 Å². The Kier molecular flexibility index (Phi) is 5.47. The van der Waals surface area contributed by atoms with Crippen molar-refractivity contribution in [3.63, 3.8) is 0 Å². The number of H-pyrrole nitrogens is 1. The molecule has 0 fully saturated rings. The Balaban J connectivity index is 1.38. The number of aryl methyl sites for hydroxylation is 1. The molecule has 29 heavy (non-hydrogen) atoms. The fraction of sp³-hybridized carbons (Fsp3) is 0.182. The number of amides is 1. The molecule has 0 spiro atoms. The number of rotatable bonds is 7. The Labute approximate surface area is 168 Å². The van der Waals surface area contributed by atoms with E-state index < -0.39 is 0 Å². The summed E-state index contributed by atoms with van der Waals surface area (Å²) in [5.74, 6) is 0.967. The molecule has 0 aliphatic rings. The first-order chi connectivity index (χ1) is 14.2. The predicted octanol–water partition coefficient (Wildman–Crippen LogP) is 3.25. The molecule has 146 valence electrons. The second-order valence-corrected chi connectivity index (χ2v) is 6.76. The second-order valence-electron chi connectivity index (χ2n) is 6.76. The van der Waals surface area contributed by atoms with Crippen molar-refractivity contribution in [3.05, 3.63) is 83.7 Å². The van der Waals surface area contributed by atoms with Gasteiger partial charge < -0.3 is 15.6 Å². The van der Waals surface area contributed by atoms with Gasteiger partial charge in [-0.15, -0.1) is 0 Å². The summed E-state index contributed by atoms with van der Waals surface area (Å²) in [6.45, 7) is 2.91. The number of carbonyl (C=O) groups excluding carboxylic acids is 1. The smallest absolute Gasteiger partial charge is 0.270 e. The predicted molar refractivity (Wildman–Crippen MR) is 113 cm³/mol. The van der Waals surface area contributed by atoms with E-state index in [2.05, 4.69) is 42.7 Å². The van der Waals surface area contributed by atoms with Crippen LogP contribution in [0.1, 0.15) is 27.4 Å². The zero-order valence-corrected chi connectivity index (χ0v) is 16.1. The van der Waals surface area contributed by atoms with Crippen molar-refractivity contribution in [1.82, 2.24) is 25.3 Å². The molecular weight excluding hydrogens is 364 g/mol. The number of carbonyl (C=O) groups is 1. The van der Waals surface area contributed by atoms with Gasteiger partial charge >= 0.3 is 0 Å². The van der Waals surface area contributed by atoms with E-state index in [1.165, 1.54) is 10.9 Å². The summed E-state index contributed by atoms with van der Waals surface area (Å²) in [4.78, 5) is 28.4. The Morgan fingerprint density at radius 1 is 1.10 bits per heavy atom.